The van der Waals surface area contributed by atoms with Crippen molar-refractivity contribution in [1.29, 1.82) is 5.26 Å². The molecule has 3 aliphatic heterocycles. The monoisotopic (exact) mass is 333 g/mol. The number of ether oxygens (including phenoxy) is 1. The molecule has 0 saturated carbocycles. The van der Waals surface area contributed by atoms with Crippen molar-refractivity contribution in [3.05, 3.63) is 0 Å². The second-order valence-electron chi connectivity index (χ2n) is 6.45. The average molecular weight is 334 g/mol. The molecular formula is C14H22ClN2O5. The van der Waals surface area contributed by atoms with Crippen molar-refractivity contribution in [2.45, 2.75) is 63.8 Å². The highest BCUT2D eigenvalue weighted by Crippen LogP contribution is 2.44. The Labute approximate surface area is 132 Å². The molecule has 3 saturated heterocycles. The minimum absolute atomic E-state index is 0.102. The molecule has 3 heterocycles. The molecule has 6 unspecified atom stereocenters. The molecular weight excluding hydrogens is 312 g/mol. The molecule has 0 amide bonds. The van der Waals surface area contributed by atoms with Gasteiger partial charge in [-0.25, -0.2) is 18.6 Å². The first-order valence-electron chi connectivity index (χ1n) is 7.65. The van der Waals surface area contributed by atoms with E-state index in [9.17, 15) is 5.26 Å². The lowest BCUT2D eigenvalue weighted by Crippen LogP contribution is -2.68. The number of nitrogens with zero attached hydrogens (tertiary/aromatic N) is 2. The molecule has 0 aromatic rings. The normalized spacial score (nSPS) is 41.7. The summed E-state index contributed by atoms with van der Waals surface area (Å²) in [5.41, 5.74) is 0. The zero-order valence-corrected chi connectivity index (χ0v) is 13.6. The minimum Gasteiger partial charge on any atom is -0.288 e. The van der Waals surface area contributed by atoms with Crippen LogP contribution >= 0.6 is 0 Å². The Morgan fingerprint density at radius 1 is 1.18 bits per heavy atom. The van der Waals surface area contributed by atoms with E-state index in [0.29, 0.717) is 24.1 Å². The van der Waals surface area contributed by atoms with Gasteiger partial charge in [0.05, 0.1) is 12.1 Å². The third kappa shape index (κ3) is 4.09. The van der Waals surface area contributed by atoms with E-state index < -0.39 is 10.2 Å². The third-order valence-corrected chi connectivity index (χ3v) is 4.91. The topological polar surface area (TPSA) is 131 Å². The van der Waals surface area contributed by atoms with Crippen molar-refractivity contribution < 1.29 is 33.6 Å². The zero-order valence-electron chi connectivity index (χ0n) is 12.8. The average Bonchev–Trinajstić information content (AvgIpc) is 2.69. The van der Waals surface area contributed by atoms with Crippen LogP contribution in [-0.4, -0.2) is 35.7 Å². The molecule has 0 aromatic heterocycles. The van der Waals surface area contributed by atoms with Gasteiger partial charge in [-0.05, 0) is 25.3 Å². The quantitative estimate of drug-likeness (QED) is 0.445. The first kappa shape index (κ1) is 17.9. The van der Waals surface area contributed by atoms with Gasteiger partial charge in [0.2, 0.25) is 6.10 Å². The van der Waals surface area contributed by atoms with Crippen molar-refractivity contribution in [3.63, 3.8) is 0 Å². The SMILES string of the molecule is CC1CC(C)C2C([O+]1)C(C#N)C1CCCCN12.[O-][Cl+3]([O-])([O-])[O-]. The fourth-order valence-corrected chi connectivity index (χ4v) is 4.32. The molecule has 0 aliphatic carbocycles. The van der Waals surface area contributed by atoms with Crippen LogP contribution in [0.2, 0.25) is 0 Å². The number of hydrogen-bond acceptors (Lipinski definition) is 7. The standard InChI is InChI=1S/C14H22N2O.ClHO4/c1-9-7-10(2)17-14-11(8-15)12-5-3-4-6-16(12)13(9)14;2-1(3,4)5/h9-14H,3-7H2,1-2H3;(H,2,3,4,5)/q+1;/p-1. The van der Waals surface area contributed by atoms with Crippen molar-refractivity contribution in [2.24, 2.45) is 11.8 Å². The molecule has 0 bridgehead atoms. The summed E-state index contributed by atoms with van der Waals surface area (Å²) >= 11 is 0. The Morgan fingerprint density at radius 3 is 2.41 bits per heavy atom. The minimum atomic E-state index is -4.94. The second kappa shape index (κ2) is 6.97. The predicted molar refractivity (Wildman–Crippen MR) is 65.4 cm³/mol. The van der Waals surface area contributed by atoms with Crippen molar-refractivity contribution in [3.8, 4) is 6.07 Å². The number of halogens is 1. The van der Waals surface area contributed by atoms with Crippen LogP contribution in [0.1, 0.15) is 39.5 Å². The number of piperidine rings is 1. The molecule has 8 heteroatoms. The van der Waals surface area contributed by atoms with Crippen LogP contribution in [0.15, 0.2) is 0 Å². The van der Waals surface area contributed by atoms with Crippen LogP contribution in [0.5, 0.6) is 0 Å². The van der Waals surface area contributed by atoms with Gasteiger partial charge in [-0.2, -0.15) is 5.26 Å². The first-order valence-corrected chi connectivity index (χ1v) is 8.88. The Morgan fingerprint density at radius 2 is 1.82 bits per heavy atom. The van der Waals surface area contributed by atoms with Gasteiger partial charge in [-0.1, -0.05) is 13.3 Å². The van der Waals surface area contributed by atoms with Gasteiger partial charge in [0.25, 0.3) is 6.10 Å². The summed E-state index contributed by atoms with van der Waals surface area (Å²) in [6.07, 6.45) is 5.39. The summed E-state index contributed by atoms with van der Waals surface area (Å²) in [5.74, 6) is 0.771. The van der Waals surface area contributed by atoms with E-state index in [1.54, 1.807) is 0 Å². The van der Waals surface area contributed by atoms with E-state index in [0.717, 1.165) is 6.42 Å². The summed E-state index contributed by atoms with van der Waals surface area (Å²) < 4.78 is 40.1. The highest BCUT2D eigenvalue weighted by molar-refractivity contribution is 5.12. The molecule has 1 radical (unpaired) electrons. The van der Waals surface area contributed by atoms with E-state index in [1.165, 1.54) is 25.8 Å². The number of nitriles is 1. The molecule has 7 nitrogen and oxygen atoms in total. The summed E-state index contributed by atoms with van der Waals surface area (Å²) in [6.45, 7) is 5.66. The lowest BCUT2D eigenvalue weighted by atomic mass is 9.85. The van der Waals surface area contributed by atoms with Crippen LogP contribution in [0.3, 0.4) is 0 Å². The Bertz CT molecular complexity index is 418. The molecule has 125 valence electrons. The van der Waals surface area contributed by atoms with Crippen LogP contribution in [-0.2, 0) is 4.74 Å². The highest BCUT2D eigenvalue weighted by Gasteiger charge is 2.61. The van der Waals surface area contributed by atoms with E-state index in [4.69, 9.17) is 23.4 Å². The Balaban J connectivity index is 0.000000309. The molecule has 0 aromatic carbocycles. The van der Waals surface area contributed by atoms with Gasteiger partial charge in [-0.15, -0.1) is 15.0 Å². The van der Waals surface area contributed by atoms with Crippen LogP contribution in [0, 0.1) is 33.4 Å². The zero-order chi connectivity index (χ0) is 16.5. The number of rotatable bonds is 0. The molecule has 22 heavy (non-hydrogen) atoms. The third-order valence-electron chi connectivity index (χ3n) is 4.91. The van der Waals surface area contributed by atoms with E-state index in [-0.39, 0.29) is 12.0 Å². The van der Waals surface area contributed by atoms with Gasteiger partial charge in [0.15, 0.2) is 0 Å². The maximum Gasteiger partial charge on any atom is 0.261 e. The van der Waals surface area contributed by atoms with Crippen LogP contribution in [0.25, 0.3) is 0 Å². The van der Waals surface area contributed by atoms with Gasteiger partial charge in [0.1, 0.15) is 5.92 Å². The largest absolute Gasteiger partial charge is 0.288 e. The molecule has 3 rings (SSSR count). The summed E-state index contributed by atoms with van der Waals surface area (Å²) in [6, 6.07) is 3.51. The maximum absolute atomic E-state index is 9.46. The van der Waals surface area contributed by atoms with E-state index >= 15 is 0 Å². The molecule has 0 N–H and O–H groups in total. The fraction of sp³-hybridized carbons (Fsp3) is 0.929. The van der Waals surface area contributed by atoms with Crippen LogP contribution < -0.4 is 18.6 Å². The first-order chi connectivity index (χ1) is 10.2. The van der Waals surface area contributed by atoms with Crippen molar-refractivity contribution in [2.75, 3.05) is 6.54 Å². The molecule has 0 spiro atoms. The molecule has 3 fully saturated rings. The predicted octanol–water partition coefficient (Wildman–Crippen LogP) is -2.58. The number of hydrogen-bond donors (Lipinski definition) is 0. The van der Waals surface area contributed by atoms with Gasteiger partial charge < -0.3 is 0 Å². The van der Waals surface area contributed by atoms with Crippen molar-refractivity contribution >= 4 is 0 Å². The number of fused-ring (bicyclic) bond motifs is 3. The molecule has 3 aliphatic rings. The summed E-state index contributed by atoms with van der Waals surface area (Å²) in [5, 5.41) is 9.46. The van der Waals surface area contributed by atoms with Crippen molar-refractivity contribution in [1.82, 2.24) is 4.90 Å². The Hall–Kier alpha value is -0.460. The molecule has 6 atom stereocenters. The lowest BCUT2D eigenvalue weighted by molar-refractivity contribution is -2.00. The second-order valence-corrected chi connectivity index (χ2v) is 7.20. The maximum atomic E-state index is 9.46. The van der Waals surface area contributed by atoms with Crippen LogP contribution in [0.4, 0.5) is 0 Å². The van der Waals surface area contributed by atoms with E-state index in [2.05, 4.69) is 24.8 Å². The smallest absolute Gasteiger partial charge is 0.261 e. The lowest BCUT2D eigenvalue weighted by Gasteiger charge is -2.36. The Kier molecular flexibility index (Phi) is 5.67. The fourth-order valence-electron chi connectivity index (χ4n) is 4.32. The summed E-state index contributed by atoms with van der Waals surface area (Å²) in [4.78, 5) is 2.60. The van der Waals surface area contributed by atoms with Gasteiger partial charge in [0, 0.05) is 19.4 Å². The van der Waals surface area contributed by atoms with E-state index in [1.807, 2.05) is 0 Å². The van der Waals surface area contributed by atoms with Gasteiger partial charge >= 0.3 is 0 Å². The van der Waals surface area contributed by atoms with Gasteiger partial charge in [-0.3, -0.25) is 4.90 Å². The highest BCUT2D eigenvalue weighted by atomic mass is 35.7. The summed E-state index contributed by atoms with van der Waals surface area (Å²) in [7, 11) is -4.94.